The monoisotopic (exact) mass is 830 g/mol. The van der Waals surface area contributed by atoms with Crippen LogP contribution < -0.4 is 4.90 Å². The first-order valence-corrected chi connectivity index (χ1v) is 22.2. The lowest BCUT2D eigenvalue weighted by Gasteiger charge is -2.26. The summed E-state index contributed by atoms with van der Waals surface area (Å²) < 4.78 is 9.14. The Labute approximate surface area is 378 Å². The zero-order valence-corrected chi connectivity index (χ0v) is 35.6. The molecule has 0 spiro atoms. The summed E-state index contributed by atoms with van der Waals surface area (Å²) in [5.41, 5.74) is 20.1. The second kappa shape index (κ2) is 16.2. The first-order chi connectivity index (χ1) is 32.2. The highest BCUT2D eigenvalue weighted by atomic mass is 16.3. The van der Waals surface area contributed by atoms with Crippen LogP contribution in [0.15, 0.2) is 259 Å². The fraction of sp³-hybridized carbons (Fsp3) is 0. The average molecular weight is 831 g/mol. The van der Waals surface area contributed by atoms with E-state index in [-0.39, 0.29) is 0 Å². The maximum atomic E-state index is 6.76. The molecule has 0 bridgehead atoms. The van der Waals surface area contributed by atoms with E-state index in [2.05, 4.69) is 264 Å². The van der Waals surface area contributed by atoms with Crippen LogP contribution in [0.4, 0.5) is 17.1 Å². The van der Waals surface area contributed by atoms with Crippen molar-refractivity contribution in [1.29, 1.82) is 0 Å². The minimum absolute atomic E-state index is 0.875. The van der Waals surface area contributed by atoms with E-state index in [0.717, 1.165) is 78.0 Å². The molecule has 10 aromatic carbocycles. The molecule has 2 aromatic heterocycles. The lowest BCUT2D eigenvalue weighted by Crippen LogP contribution is -2.09. The predicted octanol–water partition coefficient (Wildman–Crippen LogP) is 17.3. The standard InChI is InChI=1S/C62H42N2O/c1-5-13-43(14-6-1)47-21-31-53(32-22-47)63(54-33-23-48(24-34-54)44-15-7-2-8-16-44)55-35-25-49(26-36-55)50-27-37-56(38-28-50)64-59-39-29-51(45-17-9-3-10-18-45)41-57(59)62-61(64)58-42-52(30-40-60(58)65-62)46-19-11-4-12-20-46/h1-42H. The third kappa shape index (κ3) is 7.06. The van der Waals surface area contributed by atoms with Gasteiger partial charge in [-0.25, -0.2) is 0 Å². The van der Waals surface area contributed by atoms with Crippen LogP contribution in [0, 0.1) is 0 Å². The molecule has 0 atom stereocenters. The van der Waals surface area contributed by atoms with E-state index in [4.69, 9.17) is 4.42 Å². The minimum atomic E-state index is 0.875. The maximum absolute atomic E-state index is 6.76. The summed E-state index contributed by atoms with van der Waals surface area (Å²) in [4.78, 5) is 2.33. The summed E-state index contributed by atoms with van der Waals surface area (Å²) in [6.45, 7) is 0. The molecule has 0 aliphatic heterocycles. The Hall–Kier alpha value is -8.66. The number of rotatable bonds is 9. The number of furan rings is 1. The summed E-state index contributed by atoms with van der Waals surface area (Å²) >= 11 is 0. The number of aromatic nitrogens is 1. The van der Waals surface area contributed by atoms with Gasteiger partial charge in [-0.05, 0) is 128 Å². The molecule has 0 radical (unpaired) electrons. The van der Waals surface area contributed by atoms with Crippen molar-refractivity contribution in [2.75, 3.05) is 4.90 Å². The molecule has 3 heteroatoms. The lowest BCUT2D eigenvalue weighted by atomic mass is 10.0. The van der Waals surface area contributed by atoms with Gasteiger partial charge in [0.2, 0.25) is 0 Å². The molecule has 0 aliphatic rings. The molecule has 3 nitrogen and oxygen atoms in total. The summed E-state index contributed by atoms with van der Waals surface area (Å²) in [6.07, 6.45) is 0. The third-order valence-corrected chi connectivity index (χ3v) is 12.6. The highest BCUT2D eigenvalue weighted by Gasteiger charge is 2.21. The zero-order chi connectivity index (χ0) is 43.1. The van der Waals surface area contributed by atoms with Crippen molar-refractivity contribution in [3.63, 3.8) is 0 Å². The Morgan fingerprint density at radius 2 is 0.631 bits per heavy atom. The normalized spacial score (nSPS) is 11.4. The van der Waals surface area contributed by atoms with E-state index in [1.807, 2.05) is 0 Å². The van der Waals surface area contributed by atoms with Crippen molar-refractivity contribution in [1.82, 2.24) is 4.57 Å². The van der Waals surface area contributed by atoms with Gasteiger partial charge < -0.3 is 13.9 Å². The largest absolute Gasteiger partial charge is 0.454 e. The Balaban J connectivity index is 0.918. The van der Waals surface area contributed by atoms with Crippen LogP contribution in [-0.4, -0.2) is 4.57 Å². The lowest BCUT2D eigenvalue weighted by molar-refractivity contribution is 0.673. The number of hydrogen-bond acceptors (Lipinski definition) is 2. The topological polar surface area (TPSA) is 21.3 Å². The SMILES string of the molecule is c1ccc(-c2ccc(N(c3ccc(-c4ccccc4)cc3)c3ccc(-c4ccc(-n5c6ccc(-c7ccccc7)cc6c6oc7ccc(-c8ccccc8)cc7c65)cc4)cc3)cc2)cc1. The molecule has 0 N–H and O–H groups in total. The van der Waals surface area contributed by atoms with Gasteiger partial charge in [0, 0.05) is 33.5 Å². The highest BCUT2D eigenvalue weighted by Crippen LogP contribution is 2.43. The average Bonchev–Trinajstić information content (AvgIpc) is 3.92. The Kier molecular flexibility index (Phi) is 9.50. The number of nitrogens with zero attached hydrogens (tertiary/aromatic N) is 2. The molecule has 0 amide bonds. The van der Waals surface area contributed by atoms with Crippen molar-refractivity contribution >= 4 is 50.0 Å². The molecule has 65 heavy (non-hydrogen) atoms. The Morgan fingerprint density at radius 3 is 1.06 bits per heavy atom. The van der Waals surface area contributed by atoms with Crippen LogP contribution in [0.1, 0.15) is 0 Å². The van der Waals surface area contributed by atoms with Gasteiger partial charge in [-0.1, -0.05) is 182 Å². The van der Waals surface area contributed by atoms with Crippen LogP contribution >= 0.6 is 0 Å². The van der Waals surface area contributed by atoms with Gasteiger partial charge in [-0.3, -0.25) is 0 Å². The maximum Gasteiger partial charge on any atom is 0.161 e. The van der Waals surface area contributed by atoms with E-state index in [9.17, 15) is 0 Å². The molecular weight excluding hydrogens is 789 g/mol. The molecule has 0 saturated carbocycles. The highest BCUT2D eigenvalue weighted by molar-refractivity contribution is 6.17. The quantitative estimate of drug-likeness (QED) is 0.144. The van der Waals surface area contributed by atoms with E-state index >= 15 is 0 Å². The summed E-state index contributed by atoms with van der Waals surface area (Å²) in [6, 6.07) is 91.1. The Bertz CT molecular complexity index is 3450. The number of fused-ring (bicyclic) bond motifs is 5. The van der Waals surface area contributed by atoms with Gasteiger partial charge in [0.05, 0.1) is 5.52 Å². The third-order valence-electron chi connectivity index (χ3n) is 12.6. The van der Waals surface area contributed by atoms with Crippen LogP contribution in [0.2, 0.25) is 0 Å². The number of anilines is 3. The zero-order valence-electron chi connectivity index (χ0n) is 35.6. The molecule has 0 aliphatic carbocycles. The van der Waals surface area contributed by atoms with Crippen molar-refractivity contribution in [3.05, 3.63) is 255 Å². The van der Waals surface area contributed by atoms with Gasteiger partial charge in [-0.2, -0.15) is 0 Å². The number of benzene rings is 10. The van der Waals surface area contributed by atoms with Crippen molar-refractivity contribution < 1.29 is 4.42 Å². The number of hydrogen-bond donors (Lipinski definition) is 0. The molecular formula is C62H42N2O. The molecule has 12 rings (SSSR count). The van der Waals surface area contributed by atoms with E-state index in [0.29, 0.717) is 0 Å². The van der Waals surface area contributed by atoms with Crippen molar-refractivity contribution in [2.24, 2.45) is 0 Å². The Morgan fingerprint density at radius 1 is 0.292 bits per heavy atom. The first kappa shape index (κ1) is 38.0. The molecule has 306 valence electrons. The summed E-state index contributed by atoms with van der Waals surface area (Å²) in [7, 11) is 0. The first-order valence-electron chi connectivity index (χ1n) is 22.2. The fourth-order valence-electron chi connectivity index (χ4n) is 9.33. The summed E-state index contributed by atoms with van der Waals surface area (Å²) in [5, 5.41) is 2.18. The van der Waals surface area contributed by atoms with E-state index in [1.54, 1.807) is 0 Å². The molecule has 0 saturated heterocycles. The van der Waals surface area contributed by atoms with E-state index < -0.39 is 0 Å². The minimum Gasteiger partial charge on any atom is -0.454 e. The molecule has 2 heterocycles. The smallest absolute Gasteiger partial charge is 0.161 e. The van der Waals surface area contributed by atoms with E-state index in [1.165, 1.54) is 33.4 Å². The van der Waals surface area contributed by atoms with Gasteiger partial charge >= 0.3 is 0 Å². The second-order valence-electron chi connectivity index (χ2n) is 16.5. The van der Waals surface area contributed by atoms with Gasteiger partial charge in [0.25, 0.3) is 0 Å². The van der Waals surface area contributed by atoms with Crippen molar-refractivity contribution in [3.8, 4) is 61.3 Å². The van der Waals surface area contributed by atoms with Crippen LogP contribution in [0.3, 0.4) is 0 Å². The summed E-state index contributed by atoms with van der Waals surface area (Å²) in [5.74, 6) is 0. The van der Waals surface area contributed by atoms with Gasteiger partial charge in [0.15, 0.2) is 5.58 Å². The molecule has 0 fully saturated rings. The van der Waals surface area contributed by atoms with Gasteiger partial charge in [-0.15, -0.1) is 0 Å². The van der Waals surface area contributed by atoms with Crippen LogP contribution in [-0.2, 0) is 0 Å². The fourth-order valence-corrected chi connectivity index (χ4v) is 9.33. The second-order valence-corrected chi connectivity index (χ2v) is 16.5. The van der Waals surface area contributed by atoms with Crippen molar-refractivity contribution in [2.45, 2.75) is 0 Å². The predicted molar refractivity (Wildman–Crippen MR) is 272 cm³/mol. The van der Waals surface area contributed by atoms with Gasteiger partial charge in [0.1, 0.15) is 11.1 Å². The van der Waals surface area contributed by atoms with Crippen LogP contribution in [0.25, 0.3) is 94.3 Å². The molecule has 0 unspecified atom stereocenters. The van der Waals surface area contributed by atoms with Crippen LogP contribution in [0.5, 0.6) is 0 Å². The molecule has 12 aromatic rings.